The second-order valence-corrected chi connectivity index (χ2v) is 4.57. The summed E-state index contributed by atoms with van der Waals surface area (Å²) in [6.07, 6.45) is 2.64. The van der Waals surface area contributed by atoms with Gasteiger partial charge in [0.15, 0.2) is 5.82 Å². The molecule has 0 saturated carbocycles. The Morgan fingerprint density at radius 3 is 2.61 bits per heavy atom. The van der Waals surface area contributed by atoms with Crippen LogP contribution in [-0.4, -0.2) is 27.0 Å². The van der Waals surface area contributed by atoms with Crippen LogP contribution in [0, 0.1) is 5.95 Å². The van der Waals surface area contributed by atoms with Crippen LogP contribution >= 0.6 is 0 Å². The predicted molar refractivity (Wildman–Crippen MR) is 80.3 cm³/mol. The van der Waals surface area contributed by atoms with E-state index in [0.717, 1.165) is 11.3 Å². The van der Waals surface area contributed by atoms with Gasteiger partial charge in [0, 0.05) is 6.20 Å². The first-order valence-corrected chi connectivity index (χ1v) is 6.82. The average molecular weight is 312 g/mol. The molecule has 116 valence electrons. The third-order valence-corrected chi connectivity index (χ3v) is 3.08. The molecule has 0 unspecified atom stereocenters. The minimum Gasteiger partial charge on any atom is -0.497 e. The van der Waals surface area contributed by atoms with E-state index in [1.54, 1.807) is 19.2 Å². The zero-order chi connectivity index (χ0) is 16.1. The first kappa shape index (κ1) is 14.8. The van der Waals surface area contributed by atoms with Gasteiger partial charge in [-0.3, -0.25) is 0 Å². The van der Waals surface area contributed by atoms with Crippen molar-refractivity contribution in [3.05, 3.63) is 60.4 Å². The number of nitrogens with zero attached hydrogens (tertiary/aromatic N) is 4. The van der Waals surface area contributed by atoms with E-state index in [-0.39, 0.29) is 24.0 Å². The molecule has 23 heavy (non-hydrogen) atoms. The smallest absolute Gasteiger partial charge is 0.320 e. The lowest BCUT2D eigenvalue weighted by Crippen LogP contribution is -2.02. The first-order chi connectivity index (χ1) is 11.3. The molecule has 6 nitrogen and oxygen atoms in total. The van der Waals surface area contributed by atoms with Gasteiger partial charge in [0.1, 0.15) is 18.7 Å². The number of halogens is 1. The highest BCUT2D eigenvalue weighted by atomic mass is 19.1. The van der Waals surface area contributed by atoms with Crippen LogP contribution < -0.4 is 9.47 Å². The number of aromatic nitrogens is 4. The monoisotopic (exact) mass is 312 g/mol. The molecule has 0 aliphatic heterocycles. The van der Waals surface area contributed by atoms with E-state index in [4.69, 9.17) is 9.47 Å². The van der Waals surface area contributed by atoms with Crippen LogP contribution in [0.4, 0.5) is 4.39 Å². The highest BCUT2D eigenvalue weighted by Crippen LogP contribution is 2.18. The number of rotatable bonds is 5. The second kappa shape index (κ2) is 6.78. The molecule has 3 aromatic rings. The van der Waals surface area contributed by atoms with Gasteiger partial charge in [-0.15, -0.1) is 0 Å². The Labute approximate surface area is 132 Å². The van der Waals surface area contributed by atoms with Crippen LogP contribution in [0.25, 0.3) is 11.4 Å². The SMILES string of the molecule is COc1ccc(COc2ncnc(-c3cccnc3F)n2)cc1. The van der Waals surface area contributed by atoms with Gasteiger partial charge in [-0.25, -0.2) is 9.97 Å². The molecular weight excluding hydrogens is 299 g/mol. The van der Waals surface area contributed by atoms with E-state index in [0.29, 0.717) is 0 Å². The van der Waals surface area contributed by atoms with Gasteiger partial charge >= 0.3 is 6.01 Å². The van der Waals surface area contributed by atoms with Gasteiger partial charge < -0.3 is 9.47 Å². The fourth-order valence-corrected chi connectivity index (χ4v) is 1.90. The van der Waals surface area contributed by atoms with E-state index in [1.807, 2.05) is 24.3 Å². The fourth-order valence-electron chi connectivity index (χ4n) is 1.90. The molecule has 2 heterocycles. The van der Waals surface area contributed by atoms with Crippen LogP contribution in [-0.2, 0) is 6.61 Å². The van der Waals surface area contributed by atoms with Crippen molar-refractivity contribution in [2.24, 2.45) is 0 Å². The molecule has 3 rings (SSSR count). The third kappa shape index (κ3) is 3.57. The minimum absolute atomic E-state index is 0.120. The summed E-state index contributed by atoms with van der Waals surface area (Å²) in [5.74, 6) is 0.304. The molecule has 0 bridgehead atoms. The molecule has 0 aliphatic rings. The minimum atomic E-state index is -0.639. The van der Waals surface area contributed by atoms with E-state index in [9.17, 15) is 4.39 Å². The summed E-state index contributed by atoms with van der Waals surface area (Å²) >= 11 is 0. The van der Waals surface area contributed by atoms with Gasteiger partial charge in [0.2, 0.25) is 5.95 Å². The zero-order valence-corrected chi connectivity index (χ0v) is 12.3. The summed E-state index contributed by atoms with van der Waals surface area (Å²) in [4.78, 5) is 15.6. The van der Waals surface area contributed by atoms with Gasteiger partial charge in [-0.2, -0.15) is 14.4 Å². The van der Waals surface area contributed by atoms with E-state index in [2.05, 4.69) is 19.9 Å². The molecule has 0 saturated heterocycles. The van der Waals surface area contributed by atoms with E-state index < -0.39 is 5.95 Å². The Hall–Kier alpha value is -3.09. The quantitative estimate of drug-likeness (QED) is 0.675. The lowest BCUT2D eigenvalue weighted by molar-refractivity contribution is 0.280. The Bertz CT molecular complexity index is 796. The molecule has 7 heteroatoms. The van der Waals surface area contributed by atoms with E-state index in [1.165, 1.54) is 12.5 Å². The van der Waals surface area contributed by atoms with Crippen molar-refractivity contribution in [3.63, 3.8) is 0 Å². The number of hydrogen-bond donors (Lipinski definition) is 0. The van der Waals surface area contributed by atoms with E-state index >= 15 is 0 Å². The van der Waals surface area contributed by atoms with Crippen molar-refractivity contribution in [1.82, 2.24) is 19.9 Å². The molecule has 0 spiro atoms. The number of pyridine rings is 1. The molecule has 2 aromatic heterocycles. The Balaban J connectivity index is 1.74. The summed E-state index contributed by atoms with van der Waals surface area (Å²) in [6, 6.07) is 10.7. The van der Waals surface area contributed by atoms with Crippen molar-refractivity contribution >= 4 is 0 Å². The maximum absolute atomic E-state index is 13.7. The summed E-state index contributed by atoms with van der Waals surface area (Å²) in [5, 5.41) is 0. The standard InChI is InChI=1S/C16H13FN4O2/c1-22-12-6-4-11(5-7-12)9-23-16-20-10-19-15(21-16)13-3-2-8-18-14(13)17/h2-8,10H,9H2,1H3. The van der Waals surface area contributed by atoms with Crippen LogP contribution in [0.2, 0.25) is 0 Å². The second-order valence-electron chi connectivity index (χ2n) is 4.57. The van der Waals surface area contributed by atoms with Crippen molar-refractivity contribution in [3.8, 4) is 23.1 Å². The molecule has 0 aliphatic carbocycles. The lowest BCUT2D eigenvalue weighted by Gasteiger charge is -2.06. The highest BCUT2D eigenvalue weighted by Gasteiger charge is 2.10. The molecular formula is C16H13FN4O2. The summed E-state index contributed by atoms with van der Waals surface area (Å²) in [5.41, 5.74) is 1.13. The normalized spacial score (nSPS) is 10.3. The van der Waals surface area contributed by atoms with Gasteiger partial charge in [-0.05, 0) is 29.8 Å². The van der Waals surface area contributed by atoms with Crippen LogP contribution in [0.5, 0.6) is 11.8 Å². The molecule has 0 fully saturated rings. The molecule has 0 amide bonds. The van der Waals surface area contributed by atoms with Gasteiger partial charge in [-0.1, -0.05) is 12.1 Å². The zero-order valence-electron chi connectivity index (χ0n) is 12.3. The first-order valence-electron chi connectivity index (χ1n) is 6.82. The summed E-state index contributed by atoms with van der Waals surface area (Å²) in [6.45, 7) is 0.281. The third-order valence-electron chi connectivity index (χ3n) is 3.08. The summed E-state index contributed by atoms with van der Waals surface area (Å²) in [7, 11) is 1.61. The molecule has 0 atom stereocenters. The fraction of sp³-hybridized carbons (Fsp3) is 0.125. The topological polar surface area (TPSA) is 70.0 Å². The number of hydrogen-bond acceptors (Lipinski definition) is 6. The Morgan fingerprint density at radius 1 is 1.04 bits per heavy atom. The maximum atomic E-state index is 13.7. The van der Waals surface area contributed by atoms with Crippen LogP contribution in [0.15, 0.2) is 48.9 Å². The average Bonchev–Trinajstić information content (AvgIpc) is 2.61. The Kier molecular flexibility index (Phi) is 4.37. The van der Waals surface area contributed by atoms with Crippen molar-refractivity contribution in [2.45, 2.75) is 6.61 Å². The van der Waals surface area contributed by atoms with Crippen molar-refractivity contribution in [1.29, 1.82) is 0 Å². The Morgan fingerprint density at radius 2 is 1.87 bits per heavy atom. The molecule has 0 radical (unpaired) electrons. The highest BCUT2D eigenvalue weighted by molar-refractivity contribution is 5.53. The lowest BCUT2D eigenvalue weighted by atomic mass is 10.2. The molecule has 0 N–H and O–H groups in total. The van der Waals surface area contributed by atoms with Crippen LogP contribution in [0.1, 0.15) is 5.56 Å². The number of methoxy groups -OCH3 is 1. The predicted octanol–water partition coefficient (Wildman–Crippen LogP) is 2.66. The number of benzene rings is 1. The van der Waals surface area contributed by atoms with Gasteiger partial charge in [0.25, 0.3) is 0 Å². The van der Waals surface area contributed by atoms with Crippen LogP contribution in [0.3, 0.4) is 0 Å². The van der Waals surface area contributed by atoms with Crippen molar-refractivity contribution < 1.29 is 13.9 Å². The van der Waals surface area contributed by atoms with Gasteiger partial charge in [0.05, 0.1) is 12.7 Å². The number of ether oxygens (including phenoxy) is 2. The maximum Gasteiger partial charge on any atom is 0.320 e. The molecule has 1 aromatic carbocycles. The van der Waals surface area contributed by atoms with Crippen molar-refractivity contribution in [2.75, 3.05) is 7.11 Å². The largest absolute Gasteiger partial charge is 0.497 e. The summed E-state index contributed by atoms with van der Waals surface area (Å²) < 4.78 is 24.3.